The molecule has 15 heteroatoms. The molecule has 1 aromatic carbocycles. The third-order valence-corrected chi connectivity index (χ3v) is 27.7. The van der Waals surface area contributed by atoms with E-state index in [0.717, 1.165) is 115 Å². The van der Waals surface area contributed by atoms with E-state index in [4.69, 9.17) is 38.7 Å². The summed E-state index contributed by atoms with van der Waals surface area (Å²) < 4.78 is 74.9. The van der Waals surface area contributed by atoms with Gasteiger partial charge in [0.2, 0.25) is 11.6 Å². The van der Waals surface area contributed by atoms with Crippen LogP contribution in [0, 0.1) is 99.6 Å². The van der Waals surface area contributed by atoms with Crippen LogP contribution in [0.2, 0.25) is 0 Å². The maximum atomic E-state index is 12.5. The monoisotopic (exact) mass is 1430 g/mol. The van der Waals surface area contributed by atoms with Crippen molar-refractivity contribution in [3.05, 3.63) is 76.8 Å². The minimum Gasteiger partial charge on any atom is -1.00 e. The van der Waals surface area contributed by atoms with Crippen LogP contribution in [0.15, 0.2) is 76.1 Å². The minimum absolute atomic E-state index is 0. The number of fused-ring (bicyclic) bond motifs is 10. The zero-order valence-electron chi connectivity index (χ0n) is 67.1. The van der Waals surface area contributed by atoms with Crippen molar-refractivity contribution >= 4 is 34.7 Å². The molecular formula is C85H141LiO12S2. The first-order valence-electron chi connectivity index (χ1n) is 39.8. The number of hydrogen-bond donors (Lipinski definition) is 1. The first-order chi connectivity index (χ1) is 46.8. The number of rotatable bonds is 21. The number of benzene rings is 1. The van der Waals surface area contributed by atoms with E-state index in [1.165, 1.54) is 147 Å². The van der Waals surface area contributed by atoms with Gasteiger partial charge in [-0.15, -0.1) is 0 Å². The van der Waals surface area contributed by atoms with Gasteiger partial charge in [-0.25, -0.2) is 9.59 Å². The second-order valence-electron chi connectivity index (χ2n) is 34.8. The Bertz CT molecular complexity index is 3010. The summed E-state index contributed by atoms with van der Waals surface area (Å²) in [4.78, 5) is 22.7. The number of hydrogen-bond acceptors (Lipinski definition) is 13. The molecule has 6 saturated carbocycles. The van der Waals surface area contributed by atoms with E-state index in [0.29, 0.717) is 58.9 Å². The second kappa shape index (κ2) is 37.8. The molecule has 16 atom stereocenters. The molecule has 0 amide bonds. The van der Waals surface area contributed by atoms with Crippen molar-refractivity contribution in [2.45, 2.75) is 314 Å². The van der Waals surface area contributed by atoms with E-state index in [1.807, 2.05) is 6.92 Å². The summed E-state index contributed by atoms with van der Waals surface area (Å²) in [7, 11) is -3.74. The van der Waals surface area contributed by atoms with Crippen LogP contribution in [0.1, 0.15) is 287 Å². The van der Waals surface area contributed by atoms with Crippen LogP contribution in [0.4, 0.5) is 0 Å². The van der Waals surface area contributed by atoms with Crippen molar-refractivity contribution in [3.63, 3.8) is 0 Å². The normalized spacial score (nSPS) is 34.1. The fourth-order valence-electron chi connectivity index (χ4n) is 21.5. The zero-order valence-corrected chi connectivity index (χ0v) is 66.8. The molecule has 0 radical (unpaired) electrons. The fraction of sp³-hybridized carbons (Fsp3) is 0.812. The molecular weight excluding hydrogens is 1280 g/mol. The van der Waals surface area contributed by atoms with E-state index in [9.17, 15) is 18.0 Å². The molecule has 12 rings (SSSR count). The SMILES string of the molecule is C.C1CCOC1.CC(C)CCC[C@@H](C)[C@H]1CC[C@H]2[C@@H]3CC=C4C[C@@H](OCCCC5=CC(=O)OC(C)(C)O5)CC[C@]4(C)[C@H]3CC[C@]12C.CC1=CC(=O)OC(C)(C)O1.Cc1ccc(S(=O)(=O)OCCO[C@H]2CC[C@@]3(C)C(=CC[C@H]4[C@@H]5CC[C@H]([C@H](C)CCCC(C)C)[C@@]5(C)CC[C@@H]43)C2)cc1.[2H]CS.[H-].[Li+]. The number of ether oxygens (including phenoxy) is 7. The molecule has 0 N–H and O–H groups in total. The Labute approximate surface area is 630 Å². The first kappa shape index (κ1) is 84.7. The molecule has 12 nitrogen and oxygen atoms in total. The van der Waals surface area contributed by atoms with Gasteiger partial charge in [0, 0.05) is 55.3 Å². The molecule has 3 heterocycles. The average molecular weight is 1430 g/mol. The number of carbonyl (C=O) groups excluding carboxylic acids is 2. The molecule has 3 aliphatic heterocycles. The Morgan fingerprint density at radius 3 is 1.47 bits per heavy atom. The predicted octanol–water partition coefficient (Wildman–Crippen LogP) is 18.8. The molecule has 0 bridgehead atoms. The standard InChI is InChI=1S/C36H56O4S.C36H58O4.C7H10O3.C4H8O.CH4S.CH4.Li.H/c1-25(2)8-7-9-27(4)32-16-17-33-31-15-12-28-24-29(18-20-35(28,5)34(31)19-21-36(32,33)6)39-22-23-40-41(37,38)30-13-10-26(3)11-14-30;1-24(2)10-8-11-25(3)30-15-16-31-29-14-13-26-22-27(17-19-35(26,6)32(29)18-20-36(30,31)7)38-21-9-12-28-23-33(37)40-34(4,5)39-28;1-5-4-6(8)10-7(2,3)9-5;1-2-4-5-3-1;1-2;;;/h10-14,25,27,29,31-34H,7-9,15-24H2,1-6H3;13,23-25,27,29-32H,8-12,14-22H2,1-7H3;4H,1-3H3;1-4H2;2H,1H3;1H4;;/q;;;;;;+1;-1/t27-,29+,31+,32-,33+,34+,35+,36-;25-,27+,29+,30-,31+,32+,35+,36-;;;;;;/m11....../s1/i;;;;1D;;;. The van der Waals surface area contributed by atoms with Crippen LogP contribution >= 0.6 is 12.6 Å². The molecule has 0 spiro atoms. The number of aryl methyl sites for hydroxylation is 1. The molecule has 566 valence electrons. The quantitative estimate of drug-likeness (QED) is 0.0313. The predicted molar refractivity (Wildman–Crippen MR) is 406 cm³/mol. The third-order valence-electron chi connectivity index (χ3n) is 26.3. The zero-order chi connectivity index (χ0) is 72.1. The molecule has 8 aliphatic carbocycles. The molecule has 7 fully saturated rings. The van der Waals surface area contributed by atoms with Gasteiger partial charge in [0.25, 0.3) is 10.1 Å². The summed E-state index contributed by atoms with van der Waals surface area (Å²) in [5, 5.41) is 0. The number of allylic oxidation sites excluding steroid dienone is 4. The van der Waals surface area contributed by atoms with Gasteiger partial charge in [-0.05, 0) is 247 Å². The van der Waals surface area contributed by atoms with Crippen LogP contribution in [0.25, 0.3) is 0 Å². The molecule has 1 saturated heterocycles. The average Bonchev–Trinajstić information content (AvgIpc) is 1.39. The van der Waals surface area contributed by atoms with Crippen molar-refractivity contribution in [3.8, 4) is 0 Å². The number of carbonyl (C=O) groups is 2. The molecule has 0 unspecified atom stereocenters. The van der Waals surface area contributed by atoms with Crippen LogP contribution in [-0.4, -0.2) is 83.4 Å². The smallest absolute Gasteiger partial charge is 1.00 e. The van der Waals surface area contributed by atoms with Gasteiger partial charge in [0.15, 0.2) is 0 Å². The Morgan fingerprint density at radius 1 is 0.580 bits per heavy atom. The topological polar surface area (TPSA) is 142 Å². The largest absolute Gasteiger partial charge is 1.00 e. The van der Waals surface area contributed by atoms with Gasteiger partial charge in [-0.2, -0.15) is 21.0 Å². The van der Waals surface area contributed by atoms with Crippen molar-refractivity contribution < 1.29 is 77.0 Å². The van der Waals surface area contributed by atoms with Gasteiger partial charge in [0.1, 0.15) is 11.5 Å². The molecule has 100 heavy (non-hydrogen) atoms. The number of cyclic esters (lactones) is 2. The van der Waals surface area contributed by atoms with Crippen LogP contribution in [0.3, 0.4) is 0 Å². The Hall–Kier alpha value is -2.54. The van der Waals surface area contributed by atoms with Crippen molar-refractivity contribution in [1.29, 1.82) is 0 Å². The van der Waals surface area contributed by atoms with E-state index >= 15 is 0 Å². The van der Waals surface area contributed by atoms with Crippen LogP contribution < -0.4 is 18.9 Å². The molecule has 1 aromatic rings. The maximum absolute atomic E-state index is 12.5. The number of thiol groups is 1. The van der Waals surface area contributed by atoms with Gasteiger partial charge >= 0.3 is 30.8 Å². The van der Waals surface area contributed by atoms with Gasteiger partial charge in [-0.1, -0.05) is 156 Å². The minimum atomic E-state index is -3.74. The molecule has 0 aromatic heterocycles. The van der Waals surface area contributed by atoms with Crippen LogP contribution in [-0.2, 0) is 57.0 Å². The van der Waals surface area contributed by atoms with Crippen LogP contribution in [0.5, 0.6) is 0 Å². The third kappa shape index (κ3) is 21.8. The second-order valence-corrected chi connectivity index (χ2v) is 36.4. The maximum Gasteiger partial charge on any atom is 1.00 e. The summed E-state index contributed by atoms with van der Waals surface area (Å²) >= 11 is 3.46. The Kier molecular flexibility index (Phi) is 32.0. The summed E-state index contributed by atoms with van der Waals surface area (Å²) in [6, 6.07) is 6.79. The van der Waals surface area contributed by atoms with Gasteiger partial charge < -0.3 is 34.6 Å². The van der Waals surface area contributed by atoms with E-state index < -0.39 is 21.7 Å². The summed E-state index contributed by atoms with van der Waals surface area (Å²) in [6.07, 6.45) is 42.1. The summed E-state index contributed by atoms with van der Waals surface area (Å²) in [5.74, 6) is 9.42. The van der Waals surface area contributed by atoms with E-state index in [2.05, 4.69) is 94.0 Å². The van der Waals surface area contributed by atoms with Crippen molar-refractivity contribution in [1.82, 2.24) is 0 Å². The van der Waals surface area contributed by atoms with E-state index in [1.54, 1.807) is 70.0 Å². The number of esters is 2. The summed E-state index contributed by atoms with van der Waals surface area (Å²) in [6.45, 7) is 38.9. The van der Waals surface area contributed by atoms with Crippen molar-refractivity contribution in [2.75, 3.05) is 39.3 Å². The molecule has 11 aliphatic rings. The van der Waals surface area contributed by atoms with E-state index in [-0.39, 0.29) is 63.5 Å². The van der Waals surface area contributed by atoms with Crippen molar-refractivity contribution in [2.24, 2.45) is 92.7 Å². The van der Waals surface area contributed by atoms with Gasteiger partial charge in [0.05, 0.1) is 42.5 Å². The Balaban J connectivity index is 0.000000288. The summed E-state index contributed by atoms with van der Waals surface area (Å²) in [5.41, 5.74) is 6.10. The first-order valence-corrected chi connectivity index (χ1v) is 41.1. The van der Waals surface area contributed by atoms with Gasteiger partial charge in [-0.3, -0.25) is 4.18 Å². The fourth-order valence-corrected chi connectivity index (χ4v) is 22.4. The Morgan fingerprint density at radius 2 is 1.04 bits per heavy atom.